The van der Waals surface area contributed by atoms with Crippen LogP contribution in [0.3, 0.4) is 0 Å². The lowest BCUT2D eigenvalue weighted by Gasteiger charge is -2.37. The molecule has 2 amide bonds. The monoisotopic (exact) mass is 520 g/mol. The molecule has 37 heavy (non-hydrogen) atoms. The Balaban J connectivity index is 1.47. The number of amides is 2. The average Bonchev–Trinajstić information content (AvgIpc) is 2.92. The lowest BCUT2D eigenvalue weighted by atomic mass is 10.1. The molecule has 1 saturated heterocycles. The maximum atomic E-state index is 13.2. The maximum absolute atomic E-state index is 13.2. The standard InChI is InChI=1S/C29H33ClN4O3/c1-37-19-5-14-31-29(36)26-20-25(32-28(35)23-8-10-24(30)11-9-23)12-13-27(26)34-17-15-33(16-18-34)21-22-6-3-2-4-7-22/h2-4,6-13,20H,5,14-19,21H2,1H3,(H,31,36)(H,32,35). The van der Waals surface area contributed by atoms with Crippen molar-refractivity contribution >= 4 is 34.8 Å². The molecule has 0 unspecified atom stereocenters. The molecule has 1 aliphatic rings. The molecule has 1 heterocycles. The van der Waals surface area contributed by atoms with E-state index < -0.39 is 0 Å². The Kier molecular flexibility index (Phi) is 9.54. The molecule has 0 bridgehead atoms. The highest BCUT2D eigenvalue weighted by atomic mass is 35.5. The highest BCUT2D eigenvalue weighted by Gasteiger charge is 2.22. The molecule has 1 aliphatic heterocycles. The van der Waals surface area contributed by atoms with Crippen LogP contribution in [0.25, 0.3) is 0 Å². The topological polar surface area (TPSA) is 73.9 Å². The minimum atomic E-state index is -0.259. The first-order chi connectivity index (χ1) is 18.0. The lowest BCUT2D eigenvalue weighted by molar-refractivity contribution is 0.0947. The zero-order valence-corrected chi connectivity index (χ0v) is 21.8. The van der Waals surface area contributed by atoms with Gasteiger partial charge in [0.1, 0.15) is 0 Å². The van der Waals surface area contributed by atoms with E-state index in [1.165, 1.54) is 5.56 Å². The van der Waals surface area contributed by atoms with Crippen LogP contribution in [-0.2, 0) is 11.3 Å². The van der Waals surface area contributed by atoms with Crippen molar-refractivity contribution < 1.29 is 14.3 Å². The molecule has 0 aromatic heterocycles. The van der Waals surface area contributed by atoms with Gasteiger partial charge >= 0.3 is 0 Å². The summed E-state index contributed by atoms with van der Waals surface area (Å²) in [5, 5.41) is 6.46. The molecule has 194 valence electrons. The molecule has 7 nitrogen and oxygen atoms in total. The van der Waals surface area contributed by atoms with E-state index in [2.05, 4.69) is 44.7 Å². The minimum Gasteiger partial charge on any atom is -0.385 e. The minimum absolute atomic E-state index is 0.166. The number of piperazine rings is 1. The number of ether oxygens (including phenoxy) is 1. The molecule has 3 aromatic carbocycles. The van der Waals surface area contributed by atoms with Crippen LogP contribution in [0.1, 0.15) is 32.7 Å². The van der Waals surface area contributed by atoms with E-state index in [1.807, 2.05) is 18.2 Å². The Hall–Kier alpha value is -3.39. The van der Waals surface area contributed by atoms with Crippen LogP contribution < -0.4 is 15.5 Å². The zero-order valence-electron chi connectivity index (χ0n) is 21.1. The van der Waals surface area contributed by atoms with Crippen molar-refractivity contribution in [1.29, 1.82) is 0 Å². The smallest absolute Gasteiger partial charge is 0.255 e. The molecule has 0 aliphatic carbocycles. The third-order valence-electron chi connectivity index (χ3n) is 6.38. The van der Waals surface area contributed by atoms with E-state index in [9.17, 15) is 9.59 Å². The van der Waals surface area contributed by atoms with Gasteiger partial charge in [0.15, 0.2) is 0 Å². The number of hydrogen-bond donors (Lipinski definition) is 2. The number of nitrogens with one attached hydrogen (secondary N) is 2. The van der Waals surface area contributed by atoms with Crippen LogP contribution in [0.5, 0.6) is 0 Å². The van der Waals surface area contributed by atoms with Crippen LogP contribution in [0.15, 0.2) is 72.8 Å². The van der Waals surface area contributed by atoms with E-state index in [4.69, 9.17) is 16.3 Å². The summed E-state index contributed by atoms with van der Waals surface area (Å²) in [7, 11) is 1.64. The molecule has 1 fully saturated rings. The summed E-state index contributed by atoms with van der Waals surface area (Å²) in [6.07, 6.45) is 0.725. The van der Waals surface area contributed by atoms with E-state index in [-0.39, 0.29) is 11.8 Å². The second kappa shape index (κ2) is 13.2. The molecule has 8 heteroatoms. The van der Waals surface area contributed by atoms with Gasteiger partial charge in [-0.2, -0.15) is 0 Å². The van der Waals surface area contributed by atoms with Crippen molar-refractivity contribution in [2.75, 3.05) is 56.7 Å². The number of carbonyl (C=O) groups is 2. The molecule has 0 saturated carbocycles. The predicted molar refractivity (Wildman–Crippen MR) is 149 cm³/mol. The highest BCUT2D eigenvalue weighted by Crippen LogP contribution is 2.26. The van der Waals surface area contributed by atoms with E-state index in [0.29, 0.717) is 35.0 Å². The van der Waals surface area contributed by atoms with Crippen LogP contribution in [0, 0.1) is 0 Å². The number of hydrogen-bond acceptors (Lipinski definition) is 5. The van der Waals surface area contributed by atoms with Crippen LogP contribution in [0.2, 0.25) is 5.02 Å². The first-order valence-corrected chi connectivity index (χ1v) is 12.9. The Bertz CT molecular complexity index is 1180. The second-order valence-corrected chi connectivity index (χ2v) is 9.48. The predicted octanol–water partition coefficient (Wildman–Crippen LogP) is 4.68. The SMILES string of the molecule is COCCCNC(=O)c1cc(NC(=O)c2ccc(Cl)cc2)ccc1N1CCN(Cc2ccccc2)CC1. The number of nitrogens with zero attached hydrogens (tertiary/aromatic N) is 2. The summed E-state index contributed by atoms with van der Waals surface area (Å²) in [5.74, 6) is -0.425. The van der Waals surface area contributed by atoms with Gasteiger partial charge in [-0.05, 0) is 54.4 Å². The Morgan fingerprint density at radius 2 is 1.65 bits per heavy atom. The van der Waals surface area contributed by atoms with Crippen molar-refractivity contribution in [3.63, 3.8) is 0 Å². The molecule has 2 N–H and O–H groups in total. The first-order valence-electron chi connectivity index (χ1n) is 12.5. The number of anilines is 2. The van der Waals surface area contributed by atoms with E-state index >= 15 is 0 Å². The molecule has 3 aromatic rings. The fraction of sp³-hybridized carbons (Fsp3) is 0.310. The normalized spacial score (nSPS) is 13.8. The Labute approximate surface area is 223 Å². The van der Waals surface area contributed by atoms with Crippen molar-refractivity contribution in [2.45, 2.75) is 13.0 Å². The lowest BCUT2D eigenvalue weighted by Crippen LogP contribution is -2.46. The molecule has 0 spiro atoms. The molecule has 0 radical (unpaired) electrons. The third-order valence-corrected chi connectivity index (χ3v) is 6.63. The van der Waals surface area contributed by atoms with Gasteiger partial charge in [0.05, 0.1) is 5.56 Å². The van der Waals surface area contributed by atoms with Gasteiger partial charge < -0.3 is 20.3 Å². The van der Waals surface area contributed by atoms with Gasteiger partial charge in [0.2, 0.25) is 0 Å². The van der Waals surface area contributed by atoms with E-state index in [0.717, 1.165) is 44.8 Å². The van der Waals surface area contributed by atoms with E-state index in [1.54, 1.807) is 37.4 Å². The maximum Gasteiger partial charge on any atom is 0.255 e. The summed E-state index contributed by atoms with van der Waals surface area (Å²) in [5.41, 5.74) is 3.77. The second-order valence-electron chi connectivity index (χ2n) is 9.04. The van der Waals surface area contributed by atoms with Crippen molar-refractivity contribution in [1.82, 2.24) is 10.2 Å². The zero-order chi connectivity index (χ0) is 26.0. The van der Waals surface area contributed by atoms with Crippen molar-refractivity contribution in [3.05, 3.63) is 94.5 Å². The molecular weight excluding hydrogens is 488 g/mol. The first kappa shape index (κ1) is 26.7. The number of halogens is 1. The molecule has 0 atom stereocenters. The summed E-state index contributed by atoms with van der Waals surface area (Å²) < 4.78 is 5.09. The van der Waals surface area contributed by atoms with Crippen molar-refractivity contribution in [3.8, 4) is 0 Å². The summed E-state index contributed by atoms with van der Waals surface area (Å²) in [6.45, 7) is 5.43. The van der Waals surface area contributed by atoms with Gasteiger partial charge in [-0.15, -0.1) is 0 Å². The van der Waals surface area contributed by atoms with Crippen LogP contribution in [0.4, 0.5) is 11.4 Å². The summed E-state index contributed by atoms with van der Waals surface area (Å²) in [4.78, 5) is 30.6. The van der Waals surface area contributed by atoms with Crippen LogP contribution >= 0.6 is 11.6 Å². The molecule has 4 rings (SSSR count). The number of benzene rings is 3. The summed E-state index contributed by atoms with van der Waals surface area (Å²) in [6, 6.07) is 22.7. The number of methoxy groups -OCH3 is 1. The van der Waals surface area contributed by atoms with Gasteiger partial charge in [0, 0.05) is 74.9 Å². The van der Waals surface area contributed by atoms with Gasteiger partial charge in [-0.1, -0.05) is 41.9 Å². The third kappa shape index (κ3) is 7.55. The average molecular weight is 521 g/mol. The molecular formula is C29H33ClN4O3. The number of carbonyl (C=O) groups excluding carboxylic acids is 2. The van der Waals surface area contributed by atoms with Crippen LogP contribution in [-0.4, -0.2) is 63.2 Å². The largest absolute Gasteiger partial charge is 0.385 e. The fourth-order valence-electron chi connectivity index (χ4n) is 4.38. The fourth-order valence-corrected chi connectivity index (χ4v) is 4.50. The highest BCUT2D eigenvalue weighted by molar-refractivity contribution is 6.30. The Morgan fingerprint density at radius 3 is 2.35 bits per heavy atom. The van der Waals surface area contributed by atoms with Crippen molar-refractivity contribution in [2.24, 2.45) is 0 Å². The quantitative estimate of drug-likeness (QED) is 0.380. The number of rotatable bonds is 10. The van der Waals surface area contributed by atoms with Gasteiger partial charge in [-0.25, -0.2) is 0 Å². The summed E-state index contributed by atoms with van der Waals surface area (Å²) >= 11 is 5.94. The Morgan fingerprint density at radius 1 is 0.919 bits per heavy atom. The van der Waals surface area contributed by atoms with Gasteiger partial charge in [-0.3, -0.25) is 14.5 Å². The van der Waals surface area contributed by atoms with Gasteiger partial charge in [0.25, 0.3) is 11.8 Å².